The van der Waals surface area contributed by atoms with Crippen LogP contribution in [0.2, 0.25) is 0 Å². The van der Waals surface area contributed by atoms with Crippen LogP contribution in [-0.2, 0) is 4.74 Å². The minimum atomic E-state index is 0.305. The van der Waals surface area contributed by atoms with Crippen LogP contribution < -0.4 is 15.4 Å². The highest BCUT2D eigenvalue weighted by molar-refractivity contribution is 5.54. The fourth-order valence-electron chi connectivity index (χ4n) is 2.20. The fourth-order valence-corrected chi connectivity index (χ4v) is 2.20. The summed E-state index contributed by atoms with van der Waals surface area (Å²) in [6.45, 7) is 6.54. The molecule has 0 saturated carbocycles. The molecule has 1 unspecified atom stereocenters. The molecule has 1 aliphatic rings. The molecule has 1 aromatic heterocycles. The summed E-state index contributed by atoms with van der Waals surface area (Å²) in [5, 5.41) is 0. The van der Waals surface area contributed by atoms with E-state index in [0.717, 1.165) is 31.8 Å². The standard InChI is InChI=1S/C15H25N3O2/c1-11(2)10-20-15-13(16)6-7-14(17-15)18(3)9-12-5-4-8-19-12/h6-7,11-12H,4-5,8-10,16H2,1-3H3. The molecule has 1 aromatic rings. The summed E-state index contributed by atoms with van der Waals surface area (Å²) in [4.78, 5) is 6.60. The van der Waals surface area contributed by atoms with Gasteiger partial charge < -0.3 is 20.1 Å². The van der Waals surface area contributed by atoms with Crippen LogP contribution in [0.4, 0.5) is 11.5 Å². The van der Waals surface area contributed by atoms with E-state index in [9.17, 15) is 0 Å². The Morgan fingerprint density at radius 3 is 2.95 bits per heavy atom. The van der Waals surface area contributed by atoms with Crippen molar-refractivity contribution in [2.45, 2.75) is 32.8 Å². The first kappa shape index (κ1) is 14.9. The smallest absolute Gasteiger partial charge is 0.239 e. The number of likely N-dealkylation sites (N-methyl/N-ethyl adjacent to an activating group) is 1. The normalized spacial score (nSPS) is 18.5. The third-order valence-electron chi connectivity index (χ3n) is 3.32. The average molecular weight is 279 g/mol. The molecule has 0 aliphatic carbocycles. The maximum Gasteiger partial charge on any atom is 0.239 e. The first-order chi connectivity index (χ1) is 9.56. The van der Waals surface area contributed by atoms with E-state index in [2.05, 4.69) is 23.7 Å². The monoisotopic (exact) mass is 279 g/mol. The molecule has 2 heterocycles. The van der Waals surface area contributed by atoms with Gasteiger partial charge in [0.25, 0.3) is 0 Å². The highest BCUT2D eigenvalue weighted by Gasteiger charge is 2.18. The number of ether oxygens (including phenoxy) is 2. The minimum Gasteiger partial charge on any atom is -0.476 e. The quantitative estimate of drug-likeness (QED) is 0.866. The van der Waals surface area contributed by atoms with Gasteiger partial charge in [0, 0.05) is 20.2 Å². The van der Waals surface area contributed by atoms with E-state index in [0.29, 0.717) is 30.2 Å². The third kappa shape index (κ3) is 4.00. The van der Waals surface area contributed by atoms with E-state index >= 15 is 0 Å². The molecule has 1 saturated heterocycles. The molecular weight excluding hydrogens is 254 g/mol. The van der Waals surface area contributed by atoms with Gasteiger partial charge in [-0.3, -0.25) is 0 Å². The largest absolute Gasteiger partial charge is 0.476 e. The predicted molar refractivity (Wildman–Crippen MR) is 81.2 cm³/mol. The van der Waals surface area contributed by atoms with Crippen molar-refractivity contribution in [3.8, 4) is 5.88 Å². The Balaban J connectivity index is 2.01. The lowest BCUT2D eigenvalue weighted by Crippen LogP contribution is -2.29. The van der Waals surface area contributed by atoms with Crippen molar-refractivity contribution in [3.05, 3.63) is 12.1 Å². The van der Waals surface area contributed by atoms with Gasteiger partial charge in [0.2, 0.25) is 5.88 Å². The number of anilines is 2. The molecule has 1 aliphatic heterocycles. The van der Waals surface area contributed by atoms with Gasteiger partial charge in [0.1, 0.15) is 5.82 Å². The molecule has 1 atom stereocenters. The lowest BCUT2D eigenvalue weighted by atomic mass is 10.2. The third-order valence-corrected chi connectivity index (χ3v) is 3.32. The summed E-state index contributed by atoms with van der Waals surface area (Å²) in [5.74, 6) is 1.84. The maximum atomic E-state index is 5.91. The second-order valence-electron chi connectivity index (χ2n) is 5.78. The van der Waals surface area contributed by atoms with Crippen molar-refractivity contribution in [2.75, 3.05) is 37.4 Å². The minimum absolute atomic E-state index is 0.305. The van der Waals surface area contributed by atoms with Crippen molar-refractivity contribution in [2.24, 2.45) is 5.92 Å². The van der Waals surface area contributed by atoms with Crippen molar-refractivity contribution in [1.29, 1.82) is 0 Å². The van der Waals surface area contributed by atoms with E-state index in [1.165, 1.54) is 0 Å². The molecular formula is C15H25N3O2. The Labute approximate surface area is 121 Å². The predicted octanol–water partition coefficient (Wildman–Crippen LogP) is 2.31. The van der Waals surface area contributed by atoms with Crippen molar-refractivity contribution in [3.63, 3.8) is 0 Å². The van der Waals surface area contributed by atoms with Gasteiger partial charge in [-0.1, -0.05) is 13.8 Å². The van der Waals surface area contributed by atoms with E-state index in [1.54, 1.807) is 0 Å². The second kappa shape index (κ2) is 6.79. The molecule has 0 bridgehead atoms. The topological polar surface area (TPSA) is 60.6 Å². The first-order valence-corrected chi connectivity index (χ1v) is 7.28. The molecule has 0 radical (unpaired) electrons. The number of nitrogens with two attached hydrogens (primary N) is 1. The van der Waals surface area contributed by atoms with E-state index in [1.807, 2.05) is 19.2 Å². The molecule has 20 heavy (non-hydrogen) atoms. The maximum absolute atomic E-state index is 5.91. The summed E-state index contributed by atoms with van der Waals surface area (Å²) in [5.41, 5.74) is 6.49. The van der Waals surface area contributed by atoms with Crippen molar-refractivity contribution >= 4 is 11.5 Å². The van der Waals surface area contributed by atoms with E-state index in [-0.39, 0.29) is 0 Å². The molecule has 1 fully saturated rings. The molecule has 0 spiro atoms. The van der Waals surface area contributed by atoms with E-state index < -0.39 is 0 Å². The lowest BCUT2D eigenvalue weighted by Gasteiger charge is -2.22. The number of pyridine rings is 1. The Bertz CT molecular complexity index is 431. The van der Waals surface area contributed by atoms with Crippen molar-refractivity contribution in [1.82, 2.24) is 4.98 Å². The highest BCUT2D eigenvalue weighted by Crippen LogP contribution is 2.24. The lowest BCUT2D eigenvalue weighted by molar-refractivity contribution is 0.116. The number of hydrogen-bond acceptors (Lipinski definition) is 5. The van der Waals surface area contributed by atoms with Gasteiger partial charge in [-0.15, -0.1) is 0 Å². The average Bonchev–Trinajstić information content (AvgIpc) is 2.90. The van der Waals surface area contributed by atoms with Crippen LogP contribution in [0.5, 0.6) is 5.88 Å². The summed E-state index contributed by atoms with van der Waals surface area (Å²) < 4.78 is 11.3. The van der Waals surface area contributed by atoms with Crippen LogP contribution in [0.15, 0.2) is 12.1 Å². The zero-order chi connectivity index (χ0) is 14.5. The summed E-state index contributed by atoms with van der Waals surface area (Å²) in [7, 11) is 2.02. The second-order valence-corrected chi connectivity index (χ2v) is 5.78. The van der Waals surface area contributed by atoms with Gasteiger partial charge in [0.05, 0.1) is 18.4 Å². The Hall–Kier alpha value is -1.49. The van der Waals surface area contributed by atoms with Crippen LogP contribution in [0.25, 0.3) is 0 Å². The van der Waals surface area contributed by atoms with Crippen LogP contribution in [0, 0.1) is 5.92 Å². The number of nitrogens with zero attached hydrogens (tertiary/aromatic N) is 2. The van der Waals surface area contributed by atoms with Crippen LogP contribution in [0.1, 0.15) is 26.7 Å². The number of hydrogen-bond donors (Lipinski definition) is 1. The Kier molecular flexibility index (Phi) is 5.06. The van der Waals surface area contributed by atoms with E-state index in [4.69, 9.17) is 15.2 Å². The zero-order valence-electron chi connectivity index (χ0n) is 12.6. The number of rotatable bonds is 6. The SMILES string of the molecule is CC(C)COc1nc(N(C)CC2CCCO2)ccc1N. The Morgan fingerprint density at radius 1 is 1.50 bits per heavy atom. The molecule has 112 valence electrons. The van der Waals surface area contributed by atoms with Crippen LogP contribution >= 0.6 is 0 Å². The summed E-state index contributed by atoms with van der Waals surface area (Å²) >= 11 is 0. The molecule has 0 aromatic carbocycles. The van der Waals surface area contributed by atoms with Gasteiger partial charge in [-0.2, -0.15) is 4.98 Å². The van der Waals surface area contributed by atoms with Gasteiger partial charge >= 0.3 is 0 Å². The summed E-state index contributed by atoms with van der Waals surface area (Å²) in [6, 6.07) is 3.77. The van der Waals surface area contributed by atoms with Crippen LogP contribution in [-0.4, -0.2) is 37.9 Å². The van der Waals surface area contributed by atoms with Gasteiger partial charge in [-0.05, 0) is 30.9 Å². The molecule has 2 rings (SSSR count). The van der Waals surface area contributed by atoms with Gasteiger partial charge in [0.15, 0.2) is 0 Å². The number of nitrogen functional groups attached to an aromatic ring is 1. The molecule has 5 nitrogen and oxygen atoms in total. The fraction of sp³-hybridized carbons (Fsp3) is 0.667. The molecule has 2 N–H and O–H groups in total. The zero-order valence-corrected chi connectivity index (χ0v) is 12.6. The summed E-state index contributed by atoms with van der Waals surface area (Å²) in [6.07, 6.45) is 2.58. The van der Waals surface area contributed by atoms with Crippen molar-refractivity contribution < 1.29 is 9.47 Å². The molecule has 5 heteroatoms. The number of aromatic nitrogens is 1. The van der Waals surface area contributed by atoms with Gasteiger partial charge in [-0.25, -0.2) is 0 Å². The molecule has 0 amide bonds. The highest BCUT2D eigenvalue weighted by atomic mass is 16.5. The van der Waals surface area contributed by atoms with Crippen LogP contribution in [0.3, 0.4) is 0 Å². The first-order valence-electron chi connectivity index (χ1n) is 7.28. The Morgan fingerprint density at radius 2 is 2.30 bits per heavy atom.